The zero-order valence-electron chi connectivity index (χ0n) is 21.2. The molecule has 0 aliphatic carbocycles. The first-order valence-electron chi connectivity index (χ1n) is 13.1. The van der Waals surface area contributed by atoms with Gasteiger partial charge in [-0.2, -0.15) is 0 Å². The third-order valence-corrected chi connectivity index (χ3v) is 7.74. The summed E-state index contributed by atoms with van der Waals surface area (Å²) in [5.74, 6) is 0. The summed E-state index contributed by atoms with van der Waals surface area (Å²) in [7, 11) is 0. The van der Waals surface area contributed by atoms with Gasteiger partial charge in [0.1, 0.15) is 0 Å². The zero-order valence-corrected chi connectivity index (χ0v) is 22.8. The molecular weight excluding hydrogens is 540 g/mol. The number of benzene rings is 6. The van der Waals surface area contributed by atoms with E-state index in [2.05, 4.69) is 171 Å². The summed E-state index contributed by atoms with van der Waals surface area (Å²) in [4.78, 5) is 0. The highest BCUT2D eigenvalue weighted by molar-refractivity contribution is 9.10. The van der Waals surface area contributed by atoms with Crippen molar-refractivity contribution in [3.8, 4) is 11.4 Å². The van der Waals surface area contributed by atoms with Crippen LogP contribution in [-0.4, -0.2) is 9.13 Å². The van der Waals surface area contributed by atoms with Crippen molar-refractivity contribution >= 4 is 59.5 Å². The zero-order chi connectivity index (χ0) is 26.2. The SMILES string of the molecule is Brc1ccc2c(c1)c1ccccc1n2-c1ccccc1.c1ccc(-n2c3ccccc3c3ccccc32)cc1. The number of para-hydroxylation sites is 5. The molecule has 8 aromatic rings. The maximum Gasteiger partial charge on any atom is 0.0541 e. The van der Waals surface area contributed by atoms with E-state index in [1.54, 1.807) is 0 Å². The Morgan fingerprint density at radius 1 is 0.333 bits per heavy atom. The third-order valence-electron chi connectivity index (χ3n) is 7.24. The highest BCUT2D eigenvalue weighted by Crippen LogP contribution is 2.34. The van der Waals surface area contributed by atoms with Crippen LogP contribution in [0.5, 0.6) is 0 Å². The van der Waals surface area contributed by atoms with E-state index in [0.717, 1.165) is 4.47 Å². The molecule has 0 radical (unpaired) electrons. The summed E-state index contributed by atoms with van der Waals surface area (Å²) in [6.45, 7) is 0. The topological polar surface area (TPSA) is 9.86 Å². The van der Waals surface area contributed by atoms with Gasteiger partial charge in [-0.05, 0) is 60.7 Å². The van der Waals surface area contributed by atoms with Crippen LogP contribution >= 0.6 is 15.9 Å². The van der Waals surface area contributed by atoms with Crippen molar-refractivity contribution < 1.29 is 0 Å². The van der Waals surface area contributed by atoms with Crippen LogP contribution in [0.15, 0.2) is 156 Å². The fourth-order valence-corrected chi connectivity index (χ4v) is 5.94. The first-order valence-corrected chi connectivity index (χ1v) is 13.9. The lowest BCUT2D eigenvalue weighted by molar-refractivity contribution is 1.18. The molecule has 0 aliphatic heterocycles. The number of halogens is 1. The van der Waals surface area contributed by atoms with Crippen molar-refractivity contribution in [1.82, 2.24) is 9.13 Å². The van der Waals surface area contributed by atoms with E-state index in [-0.39, 0.29) is 0 Å². The normalized spacial score (nSPS) is 11.2. The van der Waals surface area contributed by atoms with Crippen molar-refractivity contribution in [3.63, 3.8) is 0 Å². The molecule has 3 heteroatoms. The number of fused-ring (bicyclic) bond motifs is 6. The standard InChI is InChI=1S/C18H12BrN.C18H13N/c19-13-10-11-18-16(12-13)15-8-4-5-9-17(15)20(18)14-6-2-1-3-7-14;1-2-8-14(9-3-1)19-17-12-6-4-10-15(17)16-11-5-7-13-18(16)19/h1-12H;1-13H. The van der Waals surface area contributed by atoms with Gasteiger partial charge in [0.15, 0.2) is 0 Å². The Hall–Kier alpha value is -4.60. The van der Waals surface area contributed by atoms with Crippen LogP contribution in [0.4, 0.5) is 0 Å². The molecule has 0 unspecified atom stereocenters. The molecule has 0 saturated heterocycles. The number of hydrogen-bond donors (Lipinski definition) is 0. The van der Waals surface area contributed by atoms with Crippen LogP contribution in [0.25, 0.3) is 55.0 Å². The first kappa shape index (κ1) is 23.5. The molecule has 2 aromatic heterocycles. The van der Waals surface area contributed by atoms with E-state index >= 15 is 0 Å². The lowest BCUT2D eigenvalue weighted by atomic mass is 10.2. The van der Waals surface area contributed by atoms with Gasteiger partial charge in [-0.1, -0.05) is 107 Å². The number of hydrogen-bond acceptors (Lipinski definition) is 0. The molecule has 2 nitrogen and oxygen atoms in total. The van der Waals surface area contributed by atoms with Crippen LogP contribution in [0, 0.1) is 0 Å². The molecule has 186 valence electrons. The molecule has 8 rings (SSSR count). The molecule has 0 N–H and O–H groups in total. The second-order valence-corrected chi connectivity index (χ2v) is 10.5. The maximum atomic E-state index is 3.57. The lowest BCUT2D eigenvalue weighted by Gasteiger charge is -2.07. The van der Waals surface area contributed by atoms with Crippen molar-refractivity contribution in [2.75, 3.05) is 0 Å². The monoisotopic (exact) mass is 564 g/mol. The van der Waals surface area contributed by atoms with Crippen LogP contribution in [0.1, 0.15) is 0 Å². The predicted molar refractivity (Wildman–Crippen MR) is 169 cm³/mol. The van der Waals surface area contributed by atoms with Crippen molar-refractivity contribution in [2.24, 2.45) is 0 Å². The average Bonchev–Trinajstić information content (AvgIpc) is 3.51. The molecule has 0 amide bonds. The maximum absolute atomic E-state index is 3.57. The Balaban J connectivity index is 0.000000130. The van der Waals surface area contributed by atoms with Gasteiger partial charge in [-0.25, -0.2) is 0 Å². The Morgan fingerprint density at radius 2 is 0.692 bits per heavy atom. The Morgan fingerprint density at radius 3 is 1.15 bits per heavy atom. The summed E-state index contributed by atoms with van der Waals surface area (Å²) in [5.41, 5.74) is 7.40. The summed E-state index contributed by atoms with van der Waals surface area (Å²) < 4.78 is 5.75. The summed E-state index contributed by atoms with van der Waals surface area (Å²) in [5, 5.41) is 5.18. The van der Waals surface area contributed by atoms with Gasteiger partial charge in [-0.15, -0.1) is 0 Å². The van der Waals surface area contributed by atoms with Crippen molar-refractivity contribution in [3.05, 3.63) is 156 Å². The largest absolute Gasteiger partial charge is 0.309 e. The van der Waals surface area contributed by atoms with E-state index in [1.165, 1.54) is 55.0 Å². The highest BCUT2D eigenvalue weighted by atomic mass is 79.9. The van der Waals surface area contributed by atoms with Gasteiger partial charge in [0.05, 0.1) is 22.1 Å². The van der Waals surface area contributed by atoms with Gasteiger partial charge in [0, 0.05) is 37.4 Å². The molecule has 0 bridgehead atoms. The molecule has 0 saturated carbocycles. The van der Waals surface area contributed by atoms with E-state index in [1.807, 2.05) is 6.07 Å². The lowest BCUT2D eigenvalue weighted by Crippen LogP contribution is -1.92. The minimum atomic E-state index is 1.11. The van der Waals surface area contributed by atoms with Gasteiger partial charge in [-0.3, -0.25) is 0 Å². The van der Waals surface area contributed by atoms with E-state index in [4.69, 9.17) is 0 Å². The van der Waals surface area contributed by atoms with Crippen molar-refractivity contribution in [1.29, 1.82) is 0 Å². The second-order valence-electron chi connectivity index (χ2n) is 9.55. The molecular formula is C36H25BrN2. The average molecular weight is 566 g/mol. The number of nitrogens with zero attached hydrogens (tertiary/aromatic N) is 2. The van der Waals surface area contributed by atoms with Gasteiger partial charge >= 0.3 is 0 Å². The molecule has 2 heterocycles. The molecule has 0 spiro atoms. The molecule has 6 aromatic carbocycles. The molecule has 39 heavy (non-hydrogen) atoms. The minimum absolute atomic E-state index is 1.11. The molecule has 0 atom stereocenters. The third kappa shape index (κ3) is 4.12. The van der Waals surface area contributed by atoms with Crippen molar-refractivity contribution in [2.45, 2.75) is 0 Å². The summed E-state index contributed by atoms with van der Waals surface area (Å²) in [6.07, 6.45) is 0. The summed E-state index contributed by atoms with van der Waals surface area (Å²) >= 11 is 3.57. The van der Waals surface area contributed by atoms with Gasteiger partial charge in [0.2, 0.25) is 0 Å². The fourth-order valence-electron chi connectivity index (χ4n) is 5.58. The Labute approximate surface area is 235 Å². The predicted octanol–water partition coefficient (Wildman–Crippen LogP) is 10.3. The van der Waals surface area contributed by atoms with Crippen LogP contribution in [0.2, 0.25) is 0 Å². The summed E-state index contributed by atoms with van der Waals surface area (Å²) in [6, 6.07) is 53.2. The van der Waals surface area contributed by atoms with E-state index in [9.17, 15) is 0 Å². The van der Waals surface area contributed by atoms with Crippen LogP contribution in [0.3, 0.4) is 0 Å². The van der Waals surface area contributed by atoms with E-state index in [0.29, 0.717) is 0 Å². The van der Waals surface area contributed by atoms with E-state index < -0.39 is 0 Å². The molecule has 0 fully saturated rings. The Bertz CT molecular complexity index is 2020. The number of aromatic nitrogens is 2. The van der Waals surface area contributed by atoms with Crippen LogP contribution < -0.4 is 0 Å². The Kier molecular flexibility index (Phi) is 5.99. The smallest absolute Gasteiger partial charge is 0.0541 e. The number of rotatable bonds is 2. The first-order chi connectivity index (χ1) is 19.3. The fraction of sp³-hybridized carbons (Fsp3) is 0. The minimum Gasteiger partial charge on any atom is -0.309 e. The second kappa shape index (κ2) is 9.94. The van der Waals surface area contributed by atoms with Gasteiger partial charge in [0.25, 0.3) is 0 Å². The molecule has 0 aliphatic rings. The highest BCUT2D eigenvalue weighted by Gasteiger charge is 2.12. The van der Waals surface area contributed by atoms with Crippen LogP contribution in [-0.2, 0) is 0 Å². The quantitative estimate of drug-likeness (QED) is 0.197. The van der Waals surface area contributed by atoms with Gasteiger partial charge < -0.3 is 9.13 Å².